The number of aromatic hydroxyl groups is 1. The van der Waals surface area contributed by atoms with Crippen molar-refractivity contribution in [2.24, 2.45) is 0 Å². The number of likely N-dealkylation sites (tertiary alicyclic amines) is 1. The lowest BCUT2D eigenvalue weighted by molar-refractivity contribution is 0.101. The third-order valence-electron chi connectivity index (χ3n) is 5.72. The molecule has 0 atom stereocenters. The first-order chi connectivity index (χ1) is 14.6. The van der Waals surface area contributed by atoms with Gasteiger partial charge in [-0.1, -0.05) is 12.8 Å². The summed E-state index contributed by atoms with van der Waals surface area (Å²) < 4.78 is 16.7. The topological polar surface area (TPSA) is 68.2 Å². The molecule has 0 unspecified atom stereocenters. The van der Waals surface area contributed by atoms with E-state index in [1.165, 1.54) is 12.8 Å². The van der Waals surface area contributed by atoms with E-state index < -0.39 is 0 Å². The van der Waals surface area contributed by atoms with Gasteiger partial charge in [0.25, 0.3) is 0 Å². The molecule has 0 amide bonds. The molecule has 4 rings (SSSR count). The minimum atomic E-state index is -0.194. The Morgan fingerprint density at radius 3 is 2.53 bits per heavy atom. The molecular weight excluding hydrogens is 382 g/mol. The van der Waals surface area contributed by atoms with Crippen molar-refractivity contribution in [2.75, 3.05) is 27.3 Å². The zero-order valence-corrected chi connectivity index (χ0v) is 17.4. The summed E-state index contributed by atoms with van der Waals surface area (Å²) in [6.45, 7) is 2.55. The Bertz CT molecular complexity index is 974. The Balaban J connectivity index is 1.65. The third kappa shape index (κ3) is 4.00. The summed E-state index contributed by atoms with van der Waals surface area (Å²) >= 11 is 0. The monoisotopic (exact) mass is 409 g/mol. The highest BCUT2D eigenvalue weighted by Crippen LogP contribution is 2.41. The van der Waals surface area contributed by atoms with Gasteiger partial charge in [-0.25, -0.2) is 0 Å². The summed E-state index contributed by atoms with van der Waals surface area (Å²) in [5.74, 6) is 1.90. The number of hydrogen-bond acceptors (Lipinski definition) is 6. The molecule has 0 bridgehead atoms. The number of rotatable bonds is 5. The first kappa shape index (κ1) is 20.3. The molecule has 0 saturated carbocycles. The number of carbonyl (C=O) groups excluding carboxylic acids is 1. The molecular formula is C24H27NO5. The van der Waals surface area contributed by atoms with Crippen LogP contribution in [-0.2, 0) is 6.54 Å². The predicted molar refractivity (Wildman–Crippen MR) is 114 cm³/mol. The second-order valence-corrected chi connectivity index (χ2v) is 7.68. The molecule has 2 aliphatic rings. The van der Waals surface area contributed by atoms with E-state index in [9.17, 15) is 9.90 Å². The van der Waals surface area contributed by atoms with Crippen LogP contribution >= 0.6 is 0 Å². The van der Waals surface area contributed by atoms with E-state index in [1.54, 1.807) is 44.6 Å². The standard InChI is InChI=1S/C24H27NO5/c1-28-17-8-7-16(21(14-17)29-2)13-22-23(27)18-9-10-20(26)19(24(18)30-22)15-25-11-5-3-4-6-12-25/h7-10,13-14,26H,3-6,11-12,15H2,1-2H3/b22-13-. The van der Waals surface area contributed by atoms with Crippen LogP contribution in [0.3, 0.4) is 0 Å². The SMILES string of the molecule is COc1ccc(/C=C2\Oc3c(ccc(O)c3CN3CCCCCC3)C2=O)c(OC)c1. The number of phenols is 1. The van der Waals surface area contributed by atoms with Crippen molar-refractivity contribution in [1.82, 2.24) is 4.90 Å². The molecule has 2 aromatic rings. The zero-order chi connectivity index (χ0) is 21.1. The van der Waals surface area contributed by atoms with Gasteiger partial charge < -0.3 is 19.3 Å². The lowest BCUT2D eigenvalue weighted by Gasteiger charge is -2.21. The Kier molecular flexibility index (Phi) is 5.95. The van der Waals surface area contributed by atoms with Crippen molar-refractivity contribution >= 4 is 11.9 Å². The molecule has 2 heterocycles. The summed E-state index contributed by atoms with van der Waals surface area (Å²) in [5, 5.41) is 10.5. The van der Waals surface area contributed by atoms with E-state index in [0.717, 1.165) is 25.9 Å². The van der Waals surface area contributed by atoms with Crippen LogP contribution in [0.15, 0.2) is 36.1 Å². The van der Waals surface area contributed by atoms with Crippen LogP contribution in [0.5, 0.6) is 23.0 Å². The molecule has 0 radical (unpaired) electrons. The molecule has 6 nitrogen and oxygen atoms in total. The van der Waals surface area contributed by atoms with Gasteiger partial charge in [0.1, 0.15) is 23.0 Å². The summed E-state index contributed by atoms with van der Waals surface area (Å²) in [6, 6.07) is 8.60. The van der Waals surface area contributed by atoms with Crippen LogP contribution in [-0.4, -0.2) is 43.1 Å². The fourth-order valence-corrected chi connectivity index (χ4v) is 4.05. The molecule has 1 N–H and O–H groups in total. The predicted octanol–water partition coefficient (Wildman–Crippen LogP) is 4.40. The van der Waals surface area contributed by atoms with E-state index >= 15 is 0 Å². The highest BCUT2D eigenvalue weighted by molar-refractivity contribution is 6.15. The molecule has 2 aliphatic heterocycles. The van der Waals surface area contributed by atoms with Crippen molar-refractivity contribution in [3.63, 3.8) is 0 Å². The Morgan fingerprint density at radius 1 is 1.07 bits per heavy atom. The van der Waals surface area contributed by atoms with Gasteiger partial charge in [-0.2, -0.15) is 0 Å². The second-order valence-electron chi connectivity index (χ2n) is 7.68. The minimum Gasteiger partial charge on any atom is -0.507 e. The number of nitrogens with zero attached hydrogens (tertiary/aromatic N) is 1. The van der Waals surface area contributed by atoms with E-state index in [1.807, 2.05) is 6.07 Å². The molecule has 2 aromatic carbocycles. The van der Waals surface area contributed by atoms with E-state index in [0.29, 0.717) is 40.5 Å². The van der Waals surface area contributed by atoms with Crippen molar-refractivity contribution in [3.8, 4) is 23.0 Å². The summed E-state index contributed by atoms with van der Waals surface area (Å²) in [4.78, 5) is 15.3. The average Bonchev–Trinajstić information content (AvgIpc) is 2.92. The van der Waals surface area contributed by atoms with Crippen LogP contribution in [0.2, 0.25) is 0 Å². The van der Waals surface area contributed by atoms with Crippen LogP contribution < -0.4 is 14.2 Å². The van der Waals surface area contributed by atoms with E-state index in [2.05, 4.69) is 4.90 Å². The van der Waals surface area contributed by atoms with Gasteiger partial charge in [-0.3, -0.25) is 9.69 Å². The van der Waals surface area contributed by atoms with Crippen molar-refractivity contribution in [1.29, 1.82) is 0 Å². The molecule has 30 heavy (non-hydrogen) atoms. The van der Waals surface area contributed by atoms with Gasteiger partial charge in [-0.05, 0) is 56.3 Å². The smallest absolute Gasteiger partial charge is 0.231 e. The largest absolute Gasteiger partial charge is 0.507 e. The van der Waals surface area contributed by atoms with Crippen molar-refractivity contribution in [2.45, 2.75) is 32.2 Å². The quantitative estimate of drug-likeness (QED) is 0.738. The second kappa shape index (κ2) is 8.79. The number of hydrogen-bond donors (Lipinski definition) is 1. The first-order valence-corrected chi connectivity index (χ1v) is 10.3. The fraction of sp³-hybridized carbons (Fsp3) is 0.375. The summed E-state index contributed by atoms with van der Waals surface area (Å²) in [6.07, 6.45) is 6.45. The number of allylic oxidation sites excluding steroid dienone is 1. The molecule has 158 valence electrons. The number of Topliss-reactive ketones (excluding diaryl/α,β-unsaturated/α-hetero) is 1. The lowest BCUT2D eigenvalue weighted by Crippen LogP contribution is -2.24. The Hall–Kier alpha value is -2.99. The highest BCUT2D eigenvalue weighted by Gasteiger charge is 2.32. The number of ether oxygens (including phenoxy) is 3. The summed E-state index contributed by atoms with van der Waals surface area (Å²) in [5.41, 5.74) is 1.87. The number of methoxy groups -OCH3 is 2. The van der Waals surface area contributed by atoms with Crippen LogP contribution in [0.1, 0.15) is 47.2 Å². The number of phenolic OH excluding ortho intramolecular Hbond substituents is 1. The fourth-order valence-electron chi connectivity index (χ4n) is 4.05. The van der Waals surface area contributed by atoms with Crippen molar-refractivity contribution < 1.29 is 24.1 Å². The number of fused-ring (bicyclic) bond motifs is 1. The number of carbonyl (C=O) groups is 1. The van der Waals surface area contributed by atoms with Gasteiger partial charge in [-0.15, -0.1) is 0 Å². The minimum absolute atomic E-state index is 0.161. The van der Waals surface area contributed by atoms with Gasteiger partial charge in [0, 0.05) is 18.2 Å². The molecule has 6 heteroatoms. The van der Waals surface area contributed by atoms with Crippen molar-refractivity contribution in [3.05, 3.63) is 52.8 Å². The zero-order valence-electron chi connectivity index (χ0n) is 17.4. The van der Waals surface area contributed by atoms with Gasteiger partial charge >= 0.3 is 0 Å². The van der Waals surface area contributed by atoms with E-state index in [4.69, 9.17) is 14.2 Å². The van der Waals surface area contributed by atoms with Crippen LogP contribution in [0, 0.1) is 0 Å². The van der Waals surface area contributed by atoms with Gasteiger partial charge in [0.05, 0.1) is 25.3 Å². The Labute approximate surface area is 176 Å². The molecule has 0 aliphatic carbocycles. The number of ketones is 1. The van der Waals surface area contributed by atoms with Gasteiger partial charge in [0.2, 0.25) is 5.78 Å². The van der Waals surface area contributed by atoms with Crippen LogP contribution in [0.4, 0.5) is 0 Å². The normalized spacial score (nSPS) is 18.1. The molecule has 1 saturated heterocycles. The Morgan fingerprint density at radius 2 is 1.83 bits per heavy atom. The maximum absolute atomic E-state index is 13.0. The molecule has 0 spiro atoms. The molecule has 0 aromatic heterocycles. The van der Waals surface area contributed by atoms with Gasteiger partial charge in [0.15, 0.2) is 5.76 Å². The van der Waals surface area contributed by atoms with Crippen LogP contribution in [0.25, 0.3) is 6.08 Å². The first-order valence-electron chi connectivity index (χ1n) is 10.3. The molecule has 1 fully saturated rings. The average molecular weight is 409 g/mol. The maximum Gasteiger partial charge on any atom is 0.231 e. The number of benzene rings is 2. The summed E-state index contributed by atoms with van der Waals surface area (Å²) in [7, 11) is 3.16. The maximum atomic E-state index is 13.0. The van der Waals surface area contributed by atoms with E-state index in [-0.39, 0.29) is 17.3 Å². The highest BCUT2D eigenvalue weighted by atomic mass is 16.5. The third-order valence-corrected chi connectivity index (χ3v) is 5.72. The lowest BCUT2D eigenvalue weighted by atomic mass is 10.0.